The lowest BCUT2D eigenvalue weighted by atomic mass is 10.0. The fraction of sp³-hybridized carbons (Fsp3) is 0. The molecule has 210 valence electrons. The van der Waals surface area contributed by atoms with Crippen molar-refractivity contribution in [1.82, 2.24) is 9.55 Å². The van der Waals surface area contributed by atoms with Crippen molar-refractivity contribution in [3.05, 3.63) is 146 Å². The Labute approximate surface area is 262 Å². The van der Waals surface area contributed by atoms with Gasteiger partial charge in [-0.2, -0.15) is 0 Å². The van der Waals surface area contributed by atoms with Gasteiger partial charge in [-0.3, -0.25) is 0 Å². The molecule has 0 aliphatic rings. The summed E-state index contributed by atoms with van der Waals surface area (Å²) >= 11 is 1.79. The molecular weight excluding hydrogens is 569 g/mol. The summed E-state index contributed by atoms with van der Waals surface area (Å²) < 4.78 is 11.3. The third-order valence-corrected chi connectivity index (χ3v) is 10.2. The normalized spacial score (nSPS) is 12.0. The van der Waals surface area contributed by atoms with Crippen molar-refractivity contribution in [2.45, 2.75) is 0 Å². The smallest absolute Gasteiger partial charge is 0.227 e. The summed E-state index contributed by atoms with van der Waals surface area (Å²) in [7, 11) is 0. The maximum absolute atomic E-state index is 6.43. The highest BCUT2D eigenvalue weighted by molar-refractivity contribution is 7.26. The van der Waals surface area contributed by atoms with Crippen molar-refractivity contribution in [2.75, 3.05) is 0 Å². The van der Waals surface area contributed by atoms with E-state index in [1.165, 1.54) is 52.9 Å². The molecule has 0 fully saturated rings. The van der Waals surface area contributed by atoms with Gasteiger partial charge >= 0.3 is 0 Å². The van der Waals surface area contributed by atoms with E-state index >= 15 is 0 Å². The highest BCUT2D eigenvalue weighted by Gasteiger charge is 2.16. The fourth-order valence-electron chi connectivity index (χ4n) is 6.94. The topological polar surface area (TPSA) is 31.0 Å². The molecule has 3 aromatic heterocycles. The summed E-state index contributed by atoms with van der Waals surface area (Å²) in [5.41, 5.74) is 8.62. The Kier molecular flexibility index (Phi) is 5.16. The van der Waals surface area contributed by atoms with Crippen molar-refractivity contribution >= 4 is 75.2 Å². The highest BCUT2D eigenvalue weighted by Crippen LogP contribution is 2.40. The van der Waals surface area contributed by atoms with Gasteiger partial charge in [-0.05, 0) is 76.5 Å². The summed E-state index contributed by atoms with van der Waals surface area (Å²) in [6.45, 7) is 0. The molecule has 4 heteroatoms. The van der Waals surface area contributed by atoms with E-state index in [-0.39, 0.29) is 0 Å². The van der Waals surface area contributed by atoms with Gasteiger partial charge < -0.3 is 8.98 Å². The zero-order chi connectivity index (χ0) is 29.5. The Hall–Kier alpha value is -5.71. The molecule has 45 heavy (non-hydrogen) atoms. The number of hydrogen-bond donors (Lipinski definition) is 0. The minimum absolute atomic E-state index is 0.647. The van der Waals surface area contributed by atoms with Crippen LogP contribution in [0.15, 0.2) is 150 Å². The Morgan fingerprint density at radius 2 is 1.18 bits per heavy atom. The Bertz CT molecular complexity index is 2750. The van der Waals surface area contributed by atoms with E-state index in [2.05, 4.69) is 150 Å². The molecule has 3 heterocycles. The van der Waals surface area contributed by atoms with Gasteiger partial charge in [0, 0.05) is 42.2 Å². The van der Waals surface area contributed by atoms with Gasteiger partial charge in [0.2, 0.25) is 5.89 Å². The van der Waals surface area contributed by atoms with Crippen LogP contribution in [0.5, 0.6) is 0 Å². The molecule has 7 aromatic carbocycles. The van der Waals surface area contributed by atoms with Crippen LogP contribution in [-0.2, 0) is 0 Å². The van der Waals surface area contributed by atoms with Crippen molar-refractivity contribution in [3.63, 3.8) is 0 Å². The summed E-state index contributed by atoms with van der Waals surface area (Å²) in [5.74, 6) is 0.647. The average molecular weight is 593 g/mol. The van der Waals surface area contributed by atoms with Gasteiger partial charge in [0.25, 0.3) is 0 Å². The van der Waals surface area contributed by atoms with Gasteiger partial charge in [-0.25, -0.2) is 4.98 Å². The predicted molar refractivity (Wildman–Crippen MR) is 190 cm³/mol. The number of oxazole rings is 1. The molecule has 0 atom stereocenters. The van der Waals surface area contributed by atoms with Crippen LogP contribution >= 0.6 is 11.3 Å². The molecule has 0 N–H and O–H groups in total. The van der Waals surface area contributed by atoms with Crippen LogP contribution in [0.25, 0.3) is 92.1 Å². The van der Waals surface area contributed by atoms with Crippen LogP contribution in [0.3, 0.4) is 0 Å². The fourth-order valence-corrected chi connectivity index (χ4v) is 8.05. The number of para-hydroxylation sites is 1. The monoisotopic (exact) mass is 592 g/mol. The SMILES string of the molecule is c1ccc2c(c1)ccc1c2c2ccccc2n1-c1ccc(-c2ccc(-c3nc4ccc5sc6ccccc6c5c4o3)cc2)cc1. The van der Waals surface area contributed by atoms with E-state index in [1.54, 1.807) is 11.3 Å². The number of rotatable bonds is 3. The van der Waals surface area contributed by atoms with E-state index in [0.717, 1.165) is 33.3 Å². The largest absolute Gasteiger partial charge is 0.435 e. The number of aromatic nitrogens is 2. The number of hydrogen-bond acceptors (Lipinski definition) is 3. The summed E-state index contributed by atoms with van der Waals surface area (Å²) in [6.07, 6.45) is 0. The molecule has 0 amide bonds. The second-order valence-electron chi connectivity index (χ2n) is 11.6. The molecular formula is C41H24N2OS. The third-order valence-electron chi connectivity index (χ3n) is 9.05. The minimum Gasteiger partial charge on any atom is -0.435 e. The molecule has 0 saturated carbocycles. The number of nitrogens with zero attached hydrogens (tertiary/aromatic N) is 2. The third kappa shape index (κ3) is 3.67. The Morgan fingerprint density at radius 1 is 0.489 bits per heavy atom. The second-order valence-corrected chi connectivity index (χ2v) is 12.6. The van der Waals surface area contributed by atoms with E-state index in [1.807, 2.05) is 0 Å². The van der Waals surface area contributed by atoms with E-state index in [4.69, 9.17) is 9.40 Å². The average Bonchev–Trinajstić information content (AvgIpc) is 3.80. The highest BCUT2D eigenvalue weighted by atomic mass is 32.1. The van der Waals surface area contributed by atoms with Crippen LogP contribution in [0.4, 0.5) is 0 Å². The lowest BCUT2D eigenvalue weighted by Crippen LogP contribution is -1.93. The first-order valence-electron chi connectivity index (χ1n) is 15.1. The molecule has 0 saturated heterocycles. The first kappa shape index (κ1) is 24.7. The van der Waals surface area contributed by atoms with Crippen molar-refractivity contribution in [3.8, 4) is 28.3 Å². The minimum atomic E-state index is 0.647. The lowest BCUT2D eigenvalue weighted by molar-refractivity contribution is 0.623. The van der Waals surface area contributed by atoms with Gasteiger partial charge in [-0.15, -0.1) is 11.3 Å². The molecule has 0 aliphatic heterocycles. The zero-order valence-electron chi connectivity index (χ0n) is 24.1. The Morgan fingerprint density at radius 3 is 2.02 bits per heavy atom. The van der Waals surface area contributed by atoms with Crippen LogP contribution < -0.4 is 0 Å². The van der Waals surface area contributed by atoms with Gasteiger partial charge in [0.05, 0.1) is 11.0 Å². The molecule has 0 aliphatic carbocycles. The van der Waals surface area contributed by atoms with Crippen LogP contribution in [0.1, 0.15) is 0 Å². The molecule has 0 bridgehead atoms. The first-order valence-corrected chi connectivity index (χ1v) is 15.9. The van der Waals surface area contributed by atoms with Crippen molar-refractivity contribution in [1.29, 1.82) is 0 Å². The summed E-state index contributed by atoms with van der Waals surface area (Å²) in [5, 5.41) is 7.50. The zero-order valence-corrected chi connectivity index (χ0v) is 24.9. The van der Waals surface area contributed by atoms with E-state index < -0.39 is 0 Å². The van der Waals surface area contributed by atoms with Gasteiger partial charge in [-0.1, -0.05) is 91.0 Å². The predicted octanol–water partition coefficient (Wildman–Crippen LogP) is 11.8. The summed E-state index contributed by atoms with van der Waals surface area (Å²) in [6, 6.07) is 52.0. The van der Waals surface area contributed by atoms with E-state index in [0.29, 0.717) is 5.89 Å². The maximum Gasteiger partial charge on any atom is 0.227 e. The Balaban J connectivity index is 1.02. The number of benzene rings is 7. The standard InChI is InChI=1S/C41H24N2OS/c1-2-8-30-27(7-1)19-23-35-38(30)31-9-3-5-11-34(31)43(35)29-20-17-26(18-21-29)25-13-15-28(16-14-25)41-42-33-22-24-37-39(40(33)44-41)32-10-4-6-12-36(32)45-37/h1-24H. The molecule has 10 aromatic rings. The lowest BCUT2D eigenvalue weighted by Gasteiger charge is -2.10. The van der Waals surface area contributed by atoms with Crippen LogP contribution in [0.2, 0.25) is 0 Å². The first-order chi connectivity index (χ1) is 22.3. The maximum atomic E-state index is 6.43. The number of thiophene rings is 1. The molecule has 0 spiro atoms. The van der Waals surface area contributed by atoms with Crippen molar-refractivity contribution < 1.29 is 4.42 Å². The molecule has 0 radical (unpaired) electrons. The van der Waals surface area contributed by atoms with Gasteiger partial charge in [0.1, 0.15) is 5.52 Å². The van der Waals surface area contributed by atoms with Gasteiger partial charge in [0.15, 0.2) is 5.58 Å². The molecule has 3 nitrogen and oxygen atoms in total. The van der Waals surface area contributed by atoms with Crippen molar-refractivity contribution in [2.24, 2.45) is 0 Å². The quantitative estimate of drug-likeness (QED) is 0.204. The molecule has 10 rings (SSSR count). The second kappa shape index (κ2) is 9.39. The van der Waals surface area contributed by atoms with E-state index in [9.17, 15) is 0 Å². The van der Waals surface area contributed by atoms with Crippen LogP contribution in [-0.4, -0.2) is 9.55 Å². The summed E-state index contributed by atoms with van der Waals surface area (Å²) in [4.78, 5) is 4.87. The van der Waals surface area contributed by atoms with Crippen LogP contribution in [0, 0.1) is 0 Å². The number of fused-ring (bicyclic) bond motifs is 10. The molecule has 0 unspecified atom stereocenters.